The van der Waals surface area contributed by atoms with E-state index in [2.05, 4.69) is 10.6 Å². The van der Waals surface area contributed by atoms with Crippen LogP contribution in [0.25, 0.3) is 0 Å². The molecule has 1 aromatic carbocycles. The molecule has 0 atom stereocenters. The minimum absolute atomic E-state index is 0.255. The first kappa shape index (κ1) is 18.1. The van der Waals surface area contributed by atoms with Crippen molar-refractivity contribution >= 4 is 23.4 Å². The van der Waals surface area contributed by atoms with E-state index in [1.807, 2.05) is 18.2 Å². The van der Waals surface area contributed by atoms with Crippen molar-refractivity contribution in [2.24, 2.45) is 5.41 Å². The predicted molar refractivity (Wildman–Crippen MR) is 92.5 cm³/mol. The second-order valence-electron chi connectivity index (χ2n) is 6.02. The first-order valence-electron chi connectivity index (χ1n) is 7.73. The fraction of sp³-hybridized carbons (Fsp3) is 0.333. The number of rotatable bonds is 7. The Morgan fingerprint density at radius 1 is 1.12 bits per heavy atom. The molecule has 24 heavy (non-hydrogen) atoms. The van der Waals surface area contributed by atoms with Crippen molar-refractivity contribution in [2.75, 3.05) is 6.54 Å². The Balaban J connectivity index is 1.81. The molecule has 0 spiro atoms. The monoisotopic (exact) mass is 348 g/mol. The van der Waals surface area contributed by atoms with Crippen LogP contribution in [0.4, 0.5) is 0 Å². The SMILES string of the molecule is CC(C)(C(=O)NCCc1cccc(Cl)c1)C(=O)NCc1ccco1. The standard InChI is InChI=1S/C18H21ClN2O3/c1-18(2,17(23)21-12-15-7-4-10-24-15)16(22)20-9-8-13-5-3-6-14(19)11-13/h3-7,10-11H,8-9,12H2,1-2H3,(H,20,22)(H,21,23). The number of benzene rings is 1. The Morgan fingerprint density at radius 2 is 1.88 bits per heavy atom. The third kappa shape index (κ3) is 4.86. The van der Waals surface area contributed by atoms with Gasteiger partial charge in [0.2, 0.25) is 11.8 Å². The molecule has 5 nitrogen and oxygen atoms in total. The summed E-state index contributed by atoms with van der Waals surface area (Å²) in [6, 6.07) is 11.0. The van der Waals surface area contributed by atoms with Crippen LogP contribution in [0.5, 0.6) is 0 Å². The van der Waals surface area contributed by atoms with Crippen LogP contribution in [-0.4, -0.2) is 18.4 Å². The number of hydrogen-bond donors (Lipinski definition) is 2. The average molecular weight is 349 g/mol. The first-order valence-corrected chi connectivity index (χ1v) is 8.11. The highest BCUT2D eigenvalue weighted by Gasteiger charge is 2.35. The van der Waals surface area contributed by atoms with E-state index in [0.29, 0.717) is 23.7 Å². The third-order valence-electron chi connectivity index (χ3n) is 3.73. The Labute approximate surface area is 146 Å². The maximum Gasteiger partial charge on any atom is 0.235 e. The largest absolute Gasteiger partial charge is 0.467 e. The molecule has 0 saturated heterocycles. The average Bonchev–Trinajstić information content (AvgIpc) is 3.05. The molecule has 6 heteroatoms. The highest BCUT2D eigenvalue weighted by molar-refractivity contribution is 6.30. The van der Waals surface area contributed by atoms with Gasteiger partial charge in [-0.05, 0) is 50.1 Å². The summed E-state index contributed by atoms with van der Waals surface area (Å²) in [7, 11) is 0. The molecule has 0 aliphatic carbocycles. The topological polar surface area (TPSA) is 71.3 Å². The Kier molecular flexibility index (Phi) is 6.04. The minimum Gasteiger partial charge on any atom is -0.467 e. The second kappa shape index (κ2) is 8.02. The molecule has 2 rings (SSSR count). The summed E-state index contributed by atoms with van der Waals surface area (Å²) in [6.45, 7) is 3.89. The summed E-state index contributed by atoms with van der Waals surface area (Å²) >= 11 is 5.93. The highest BCUT2D eigenvalue weighted by atomic mass is 35.5. The molecule has 0 bridgehead atoms. The van der Waals surface area contributed by atoms with Gasteiger partial charge in [0, 0.05) is 11.6 Å². The number of hydrogen-bond acceptors (Lipinski definition) is 3. The molecule has 2 amide bonds. The summed E-state index contributed by atoms with van der Waals surface area (Å²) in [4.78, 5) is 24.6. The molecular formula is C18H21ClN2O3. The smallest absolute Gasteiger partial charge is 0.235 e. The molecule has 128 valence electrons. The summed E-state index contributed by atoms with van der Waals surface area (Å²) in [5.74, 6) is -0.0267. The number of furan rings is 1. The molecule has 2 N–H and O–H groups in total. The molecule has 1 aromatic heterocycles. The molecule has 1 heterocycles. The van der Waals surface area contributed by atoms with Crippen molar-refractivity contribution < 1.29 is 14.0 Å². The van der Waals surface area contributed by atoms with Crippen LogP contribution >= 0.6 is 11.6 Å². The molecule has 0 saturated carbocycles. The van der Waals surface area contributed by atoms with Gasteiger partial charge in [0.05, 0.1) is 12.8 Å². The van der Waals surface area contributed by atoms with E-state index < -0.39 is 5.41 Å². The first-order chi connectivity index (χ1) is 11.4. The van der Waals surface area contributed by atoms with Gasteiger partial charge in [0.25, 0.3) is 0 Å². The van der Waals surface area contributed by atoms with Gasteiger partial charge in [-0.2, -0.15) is 0 Å². The van der Waals surface area contributed by atoms with E-state index in [1.54, 1.807) is 32.0 Å². The predicted octanol–water partition coefficient (Wildman–Crippen LogP) is 2.93. The van der Waals surface area contributed by atoms with Gasteiger partial charge >= 0.3 is 0 Å². The Bertz CT molecular complexity index is 696. The van der Waals surface area contributed by atoms with E-state index in [9.17, 15) is 9.59 Å². The van der Waals surface area contributed by atoms with Gasteiger partial charge in [-0.1, -0.05) is 23.7 Å². The second-order valence-corrected chi connectivity index (χ2v) is 6.46. The quantitative estimate of drug-likeness (QED) is 0.756. The van der Waals surface area contributed by atoms with Crippen LogP contribution in [0, 0.1) is 5.41 Å². The van der Waals surface area contributed by atoms with Crippen LogP contribution in [-0.2, 0) is 22.6 Å². The summed E-state index contributed by atoms with van der Waals surface area (Å²) in [5, 5.41) is 6.17. The highest BCUT2D eigenvalue weighted by Crippen LogP contribution is 2.16. The van der Waals surface area contributed by atoms with Crippen molar-refractivity contribution in [3.8, 4) is 0 Å². The van der Waals surface area contributed by atoms with E-state index in [-0.39, 0.29) is 18.4 Å². The van der Waals surface area contributed by atoms with E-state index >= 15 is 0 Å². The van der Waals surface area contributed by atoms with Gasteiger partial charge < -0.3 is 15.1 Å². The lowest BCUT2D eigenvalue weighted by atomic mass is 9.91. The van der Waals surface area contributed by atoms with Crippen molar-refractivity contribution in [1.29, 1.82) is 0 Å². The molecule has 0 radical (unpaired) electrons. The number of carbonyl (C=O) groups is 2. The number of halogens is 1. The normalized spacial score (nSPS) is 11.1. The zero-order chi connectivity index (χ0) is 17.6. The van der Waals surface area contributed by atoms with Crippen LogP contribution in [0.15, 0.2) is 47.1 Å². The summed E-state index contributed by atoms with van der Waals surface area (Å²) in [5.41, 5.74) is -0.135. The molecular weight excluding hydrogens is 328 g/mol. The van der Waals surface area contributed by atoms with Crippen molar-refractivity contribution in [3.63, 3.8) is 0 Å². The van der Waals surface area contributed by atoms with Crippen LogP contribution in [0.3, 0.4) is 0 Å². The zero-order valence-electron chi connectivity index (χ0n) is 13.8. The van der Waals surface area contributed by atoms with Crippen molar-refractivity contribution in [3.05, 3.63) is 59.0 Å². The van der Waals surface area contributed by atoms with Gasteiger partial charge in [-0.25, -0.2) is 0 Å². The molecule has 0 unspecified atom stereocenters. The lowest BCUT2D eigenvalue weighted by Gasteiger charge is -2.22. The van der Waals surface area contributed by atoms with Gasteiger partial charge in [0.1, 0.15) is 11.2 Å². The number of nitrogens with one attached hydrogen (secondary N) is 2. The minimum atomic E-state index is -1.17. The van der Waals surface area contributed by atoms with Gasteiger partial charge in [-0.15, -0.1) is 0 Å². The van der Waals surface area contributed by atoms with E-state index in [4.69, 9.17) is 16.0 Å². The van der Waals surface area contributed by atoms with E-state index in [1.165, 1.54) is 6.26 Å². The third-order valence-corrected chi connectivity index (χ3v) is 3.96. The summed E-state index contributed by atoms with van der Waals surface area (Å²) in [6.07, 6.45) is 2.19. The van der Waals surface area contributed by atoms with Crippen LogP contribution in [0.1, 0.15) is 25.2 Å². The van der Waals surface area contributed by atoms with E-state index in [0.717, 1.165) is 5.56 Å². The van der Waals surface area contributed by atoms with Gasteiger partial charge in [0.15, 0.2) is 0 Å². The Morgan fingerprint density at radius 3 is 2.54 bits per heavy atom. The zero-order valence-corrected chi connectivity index (χ0v) is 14.5. The fourth-order valence-corrected chi connectivity index (χ4v) is 2.35. The maximum absolute atomic E-state index is 12.3. The fourth-order valence-electron chi connectivity index (χ4n) is 2.14. The maximum atomic E-state index is 12.3. The molecule has 0 fully saturated rings. The van der Waals surface area contributed by atoms with Crippen LogP contribution in [0.2, 0.25) is 5.02 Å². The van der Waals surface area contributed by atoms with Gasteiger partial charge in [-0.3, -0.25) is 9.59 Å². The number of carbonyl (C=O) groups excluding carboxylic acids is 2. The van der Waals surface area contributed by atoms with Crippen molar-refractivity contribution in [1.82, 2.24) is 10.6 Å². The molecule has 2 aromatic rings. The Hall–Kier alpha value is -2.27. The van der Waals surface area contributed by atoms with Crippen LogP contribution < -0.4 is 10.6 Å². The summed E-state index contributed by atoms with van der Waals surface area (Å²) < 4.78 is 5.15. The van der Waals surface area contributed by atoms with Crippen molar-refractivity contribution in [2.45, 2.75) is 26.8 Å². The lowest BCUT2D eigenvalue weighted by Crippen LogP contribution is -2.48. The lowest BCUT2D eigenvalue weighted by molar-refractivity contribution is -0.141. The molecule has 0 aliphatic heterocycles. The molecule has 0 aliphatic rings. The number of amides is 2.